The summed E-state index contributed by atoms with van der Waals surface area (Å²) in [5, 5.41) is 0. The summed E-state index contributed by atoms with van der Waals surface area (Å²) in [6.07, 6.45) is 19.6. The van der Waals surface area contributed by atoms with Crippen LogP contribution in [0.5, 0.6) is 0 Å². The maximum absolute atomic E-state index is 5.69. The Balaban J connectivity index is 0.000000145. The van der Waals surface area contributed by atoms with E-state index < -0.39 is 0 Å². The molecule has 6 nitrogen and oxygen atoms in total. The van der Waals surface area contributed by atoms with Crippen LogP contribution in [-0.2, 0) is 28.4 Å². The SMILES string of the molecule is CCC(C)C1CCC2(C)OC2C1.CCCC1CCC2OC2C1.CCCCOC1CO1.CCCCOCC1CO1. The van der Waals surface area contributed by atoms with Crippen LogP contribution in [0.4, 0.5) is 0 Å². The maximum Gasteiger partial charge on any atom is 0.181 e. The first-order valence-electron chi connectivity index (χ1n) is 16.7. The van der Waals surface area contributed by atoms with Crippen molar-refractivity contribution in [2.45, 2.75) is 161 Å². The minimum Gasteiger partial charge on any atom is -0.379 e. The summed E-state index contributed by atoms with van der Waals surface area (Å²) < 4.78 is 31.4. The third-order valence-electron chi connectivity index (χ3n) is 9.27. The molecule has 6 fully saturated rings. The van der Waals surface area contributed by atoms with E-state index in [4.69, 9.17) is 28.4 Å². The summed E-state index contributed by atoms with van der Waals surface area (Å²) in [6.45, 7) is 17.8. The molecule has 0 radical (unpaired) electrons. The maximum atomic E-state index is 5.69. The molecule has 230 valence electrons. The summed E-state index contributed by atoms with van der Waals surface area (Å²) in [7, 11) is 0. The predicted molar refractivity (Wildman–Crippen MR) is 157 cm³/mol. The van der Waals surface area contributed by atoms with Gasteiger partial charge in [-0.3, -0.25) is 0 Å². The average Bonchev–Trinajstić information content (AvgIpc) is 3.75. The Kier molecular flexibility index (Phi) is 15.1. The molecule has 0 bridgehead atoms. The Hall–Kier alpha value is -0.240. The van der Waals surface area contributed by atoms with Crippen molar-refractivity contribution in [1.82, 2.24) is 0 Å². The van der Waals surface area contributed by atoms with Crippen LogP contribution < -0.4 is 0 Å². The zero-order valence-corrected chi connectivity index (χ0v) is 26.3. The summed E-state index contributed by atoms with van der Waals surface area (Å²) in [5.41, 5.74) is 0.309. The number of fused-ring (bicyclic) bond motifs is 2. The van der Waals surface area contributed by atoms with Crippen LogP contribution in [0.1, 0.15) is 125 Å². The molecule has 4 aliphatic heterocycles. The molecule has 4 heterocycles. The van der Waals surface area contributed by atoms with Crippen molar-refractivity contribution < 1.29 is 28.4 Å². The molecule has 0 aromatic carbocycles. The first-order valence-corrected chi connectivity index (χ1v) is 16.7. The van der Waals surface area contributed by atoms with E-state index in [0.717, 1.165) is 57.2 Å². The van der Waals surface area contributed by atoms with Gasteiger partial charge < -0.3 is 28.4 Å². The minimum absolute atomic E-state index is 0.154. The van der Waals surface area contributed by atoms with Gasteiger partial charge in [0.2, 0.25) is 0 Å². The van der Waals surface area contributed by atoms with E-state index >= 15 is 0 Å². The van der Waals surface area contributed by atoms with E-state index in [-0.39, 0.29) is 6.29 Å². The number of epoxide rings is 4. The molecule has 0 aromatic rings. The molecular formula is C33H62O6. The fraction of sp³-hybridized carbons (Fsp3) is 1.00. The van der Waals surface area contributed by atoms with Crippen molar-refractivity contribution in [2.75, 3.05) is 33.0 Å². The van der Waals surface area contributed by atoms with Gasteiger partial charge in [0, 0.05) is 13.2 Å². The van der Waals surface area contributed by atoms with Crippen molar-refractivity contribution in [3.63, 3.8) is 0 Å². The largest absolute Gasteiger partial charge is 0.379 e. The van der Waals surface area contributed by atoms with Gasteiger partial charge in [-0.1, -0.05) is 66.7 Å². The van der Waals surface area contributed by atoms with Crippen LogP contribution in [0.2, 0.25) is 0 Å². The first kappa shape index (κ1) is 33.3. The second kappa shape index (κ2) is 17.7. The third-order valence-corrected chi connectivity index (χ3v) is 9.27. The molecule has 0 aromatic heterocycles. The number of unbranched alkanes of at least 4 members (excludes halogenated alkanes) is 2. The van der Waals surface area contributed by atoms with Gasteiger partial charge in [-0.25, -0.2) is 0 Å². The van der Waals surface area contributed by atoms with Gasteiger partial charge in [-0.05, 0) is 76.0 Å². The van der Waals surface area contributed by atoms with Crippen LogP contribution in [0.3, 0.4) is 0 Å². The van der Waals surface area contributed by atoms with Crippen LogP contribution in [0.25, 0.3) is 0 Å². The lowest BCUT2D eigenvalue weighted by atomic mass is 9.76. The molecule has 39 heavy (non-hydrogen) atoms. The Bertz CT molecular complexity index is 638. The van der Waals surface area contributed by atoms with Crippen molar-refractivity contribution in [1.29, 1.82) is 0 Å². The molecule has 0 amide bonds. The lowest BCUT2D eigenvalue weighted by Crippen LogP contribution is -2.24. The predicted octanol–water partition coefficient (Wildman–Crippen LogP) is 7.71. The quantitative estimate of drug-likeness (QED) is 0.172. The molecule has 6 aliphatic rings. The van der Waals surface area contributed by atoms with Gasteiger partial charge in [-0.15, -0.1) is 0 Å². The molecule has 0 spiro atoms. The standard InChI is InChI=1S/C11H20O.C9H16O.C7H14O2.C6H12O2/c1-4-8(2)9-5-6-11(3)10(7-9)12-11;1-2-3-7-4-5-8-9(6-7)10-8;1-2-3-4-8-5-7-6-9-7;1-2-3-4-7-6-5-8-6/h8-10H,4-7H2,1-3H3;7-9H,2-6H2,1H3;7H,2-6H2,1H3;6H,2-5H2,1H3. The van der Waals surface area contributed by atoms with E-state index in [9.17, 15) is 0 Å². The fourth-order valence-electron chi connectivity index (χ4n) is 5.80. The Labute approximate surface area is 240 Å². The normalized spacial score (nSPS) is 37.2. The topological polar surface area (TPSA) is 68.6 Å². The zero-order valence-electron chi connectivity index (χ0n) is 26.3. The minimum atomic E-state index is 0.154. The van der Waals surface area contributed by atoms with Crippen LogP contribution in [0, 0.1) is 17.8 Å². The number of rotatable bonds is 13. The zero-order chi connectivity index (χ0) is 28.1. The van der Waals surface area contributed by atoms with Gasteiger partial charge in [0.05, 0.1) is 37.1 Å². The highest BCUT2D eigenvalue weighted by Crippen LogP contribution is 2.51. The van der Waals surface area contributed by atoms with Crippen LogP contribution in [-0.4, -0.2) is 69.3 Å². The van der Waals surface area contributed by atoms with E-state index in [1.54, 1.807) is 0 Å². The molecule has 6 rings (SSSR count). The van der Waals surface area contributed by atoms with Crippen molar-refractivity contribution in [2.24, 2.45) is 17.8 Å². The van der Waals surface area contributed by atoms with Crippen molar-refractivity contribution in [3.8, 4) is 0 Å². The highest BCUT2D eigenvalue weighted by molar-refractivity contribution is 5.03. The van der Waals surface area contributed by atoms with Crippen molar-refractivity contribution in [3.05, 3.63) is 0 Å². The smallest absolute Gasteiger partial charge is 0.181 e. The molecule has 6 heteroatoms. The van der Waals surface area contributed by atoms with Gasteiger partial charge in [-0.2, -0.15) is 0 Å². The van der Waals surface area contributed by atoms with Gasteiger partial charge in [0.15, 0.2) is 6.29 Å². The van der Waals surface area contributed by atoms with Crippen LogP contribution in [0.15, 0.2) is 0 Å². The summed E-state index contributed by atoms with van der Waals surface area (Å²) in [4.78, 5) is 0. The molecule has 2 saturated carbocycles. The lowest BCUT2D eigenvalue weighted by molar-refractivity contribution is 0.0486. The summed E-state index contributed by atoms with van der Waals surface area (Å²) >= 11 is 0. The highest BCUT2D eigenvalue weighted by atomic mass is 16.8. The first-order chi connectivity index (χ1) is 18.9. The monoisotopic (exact) mass is 554 g/mol. The third kappa shape index (κ3) is 13.5. The molecule has 9 atom stereocenters. The number of hydrogen-bond donors (Lipinski definition) is 0. The average molecular weight is 555 g/mol. The molecule has 9 unspecified atom stereocenters. The Morgan fingerprint density at radius 1 is 0.872 bits per heavy atom. The second-order valence-electron chi connectivity index (χ2n) is 12.9. The lowest BCUT2D eigenvalue weighted by Gasteiger charge is -2.26. The van der Waals surface area contributed by atoms with E-state index in [1.807, 2.05) is 0 Å². The molecule has 4 saturated heterocycles. The highest BCUT2D eigenvalue weighted by Gasteiger charge is 2.55. The van der Waals surface area contributed by atoms with Crippen LogP contribution >= 0.6 is 0 Å². The van der Waals surface area contributed by atoms with E-state index in [0.29, 0.717) is 30.0 Å². The Morgan fingerprint density at radius 3 is 2.21 bits per heavy atom. The summed E-state index contributed by atoms with van der Waals surface area (Å²) in [6, 6.07) is 0. The van der Waals surface area contributed by atoms with E-state index in [1.165, 1.54) is 77.0 Å². The second-order valence-corrected chi connectivity index (χ2v) is 12.9. The summed E-state index contributed by atoms with van der Waals surface area (Å²) in [5.74, 6) is 2.84. The number of hydrogen-bond acceptors (Lipinski definition) is 6. The van der Waals surface area contributed by atoms with Crippen molar-refractivity contribution >= 4 is 0 Å². The van der Waals surface area contributed by atoms with Gasteiger partial charge in [0.1, 0.15) is 12.7 Å². The fourth-order valence-corrected chi connectivity index (χ4v) is 5.80. The molecular weight excluding hydrogens is 492 g/mol. The molecule has 2 aliphatic carbocycles. The van der Waals surface area contributed by atoms with Gasteiger partial charge >= 0.3 is 0 Å². The van der Waals surface area contributed by atoms with Gasteiger partial charge in [0.25, 0.3) is 0 Å². The Morgan fingerprint density at radius 2 is 1.62 bits per heavy atom. The van der Waals surface area contributed by atoms with E-state index in [2.05, 4.69) is 41.5 Å². The molecule has 0 N–H and O–H groups in total. The number of ether oxygens (including phenoxy) is 6.